The number of likely N-dealkylation sites (tertiary alicyclic amines) is 1. The molecule has 1 aromatic carbocycles. The number of thiazole rings is 1. The number of nitrogens with zero attached hydrogens (tertiary/aromatic N) is 5. The normalized spacial score (nSPS) is 18.7. The van der Waals surface area contributed by atoms with Crippen molar-refractivity contribution in [2.24, 2.45) is 0 Å². The first-order valence-electron chi connectivity index (χ1n) is 13.3. The number of benzene rings is 1. The van der Waals surface area contributed by atoms with Gasteiger partial charge in [0.1, 0.15) is 12.6 Å². The van der Waals surface area contributed by atoms with Crippen LogP contribution in [-0.2, 0) is 23.9 Å². The summed E-state index contributed by atoms with van der Waals surface area (Å²) in [6.07, 6.45) is -0.117. The molecule has 3 aromatic rings. The van der Waals surface area contributed by atoms with Gasteiger partial charge in [0.25, 0.3) is 0 Å². The van der Waals surface area contributed by atoms with Crippen molar-refractivity contribution in [3.8, 4) is 0 Å². The number of hydrogen-bond donors (Lipinski definition) is 0. The fourth-order valence-electron chi connectivity index (χ4n) is 5.82. The number of quaternary nitrogens is 1. The minimum atomic E-state index is -4.54. The van der Waals surface area contributed by atoms with Crippen LogP contribution in [0.4, 0.5) is 13.2 Å². The molecule has 11 heteroatoms. The van der Waals surface area contributed by atoms with Gasteiger partial charge in [0.05, 0.1) is 19.1 Å². The molecule has 2 aromatic heterocycles. The number of halogens is 3. The number of aromatic nitrogens is 3. The third-order valence-electron chi connectivity index (χ3n) is 8.14. The third kappa shape index (κ3) is 5.51. The number of rotatable bonds is 5. The molecule has 1 saturated heterocycles. The van der Waals surface area contributed by atoms with Crippen molar-refractivity contribution >= 4 is 23.2 Å². The van der Waals surface area contributed by atoms with Gasteiger partial charge in [0.2, 0.25) is 5.91 Å². The van der Waals surface area contributed by atoms with E-state index < -0.39 is 11.9 Å². The van der Waals surface area contributed by atoms with Crippen molar-refractivity contribution in [3.63, 3.8) is 0 Å². The van der Waals surface area contributed by atoms with E-state index in [1.807, 2.05) is 25.5 Å². The molecule has 5 rings (SSSR count). The number of fused-ring (bicyclic) bond motifs is 1. The summed E-state index contributed by atoms with van der Waals surface area (Å²) in [4.78, 5) is 32.9. The highest BCUT2D eigenvalue weighted by Crippen LogP contribution is 2.39. The predicted molar refractivity (Wildman–Crippen MR) is 141 cm³/mol. The average molecular weight is 561 g/mol. The summed E-state index contributed by atoms with van der Waals surface area (Å²) in [7, 11) is 3.94. The smallest absolute Gasteiger partial charge is 0.341 e. The zero-order chi connectivity index (χ0) is 27.9. The number of amides is 2. The number of aryl methyl sites for hydroxylation is 2. The molecule has 1 unspecified atom stereocenters. The van der Waals surface area contributed by atoms with E-state index in [-0.39, 0.29) is 34.8 Å². The monoisotopic (exact) mass is 560 g/mol. The fraction of sp³-hybridized carbons (Fsp3) is 0.500. The van der Waals surface area contributed by atoms with Crippen LogP contribution in [0, 0.1) is 6.92 Å². The molecule has 0 radical (unpaired) electrons. The zero-order valence-electron chi connectivity index (χ0n) is 22.4. The van der Waals surface area contributed by atoms with Crippen molar-refractivity contribution in [2.75, 3.05) is 27.2 Å². The molecule has 0 spiro atoms. The molecule has 39 heavy (non-hydrogen) atoms. The number of carbonyl (C=O) groups is 2. The van der Waals surface area contributed by atoms with Crippen LogP contribution >= 0.6 is 11.3 Å². The Morgan fingerprint density at radius 2 is 1.85 bits per heavy atom. The van der Waals surface area contributed by atoms with Gasteiger partial charge in [-0.1, -0.05) is 24.3 Å². The van der Waals surface area contributed by atoms with Crippen molar-refractivity contribution in [2.45, 2.75) is 63.7 Å². The van der Waals surface area contributed by atoms with Gasteiger partial charge in [-0.2, -0.15) is 18.3 Å². The molecule has 2 amide bonds. The molecule has 7 nitrogen and oxygen atoms in total. The quantitative estimate of drug-likeness (QED) is 0.394. The summed E-state index contributed by atoms with van der Waals surface area (Å²) in [5, 5.41) is 6.31. The van der Waals surface area contributed by atoms with E-state index in [1.54, 1.807) is 4.90 Å². The number of alkyl halides is 3. The van der Waals surface area contributed by atoms with Crippen LogP contribution in [0.1, 0.15) is 75.7 Å². The second-order valence-corrected chi connectivity index (χ2v) is 11.9. The largest absolute Gasteiger partial charge is 0.435 e. The number of hydrogen-bond acceptors (Lipinski definition) is 5. The van der Waals surface area contributed by atoms with E-state index >= 15 is 0 Å². The summed E-state index contributed by atoms with van der Waals surface area (Å²) < 4.78 is 40.2. The van der Waals surface area contributed by atoms with Crippen molar-refractivity contribution < 1.29 is 27.2 Å². The molecular weight excluding hydrogens is 527 g/mol. The van der Waals surface area contributed by atoms with Gasteiger partial charge in [-0.15, -0.1) is 11.3 Å². The summed E-state index contributed by atoms with van der Waals surface area (Å²) in [6.45, 7) is 2.26. The Morgan fingerprint density at radius 3 is 2.54 bits per heavy atom. The highest BCUT2D eigenvalue weighted by molar-refractivity contribution is 7.09. The van der Waals surface area contributed by atoms with Crippen LogP contribution in [0.15, 0.2) is 35.7 Å². The third-order valence-corrected chi connectivity index (χ3v) is 9.14. The maximum absolute atomic E-state index is 13.7. The van der Waals surface area contributed by atoms with E-state index in [4.69, 9.17) is 4.98 Å². The van der Waals surface area contributed by atoms with E-state index in [9.17, 15) is 22.8 Å². The second-order valence-electron chi connectivity index (χ2n) is 11.0. The molecule has 1 aliphatic carbocycles. The Balaban J connectivity index is 1.21. The van der Waals surface area contributed by atoms with E-state index in [0.29, 0.717) is 37.3 Å². The first-order chi connectivity index (χ1) is 18.4. The highest BCUT2D eigenvalue weighted by Gasteiger charge is 2.41. The van der Waals surface area contributed by atoms with Crippen molar-refractivity contribution in [1.29, 1.82) is 0 Å². The predicted octanol–water partition coefficient (Wildman–Crippen LogP) is 5.37. The molecule has 208 valence electrons. The van der Waals surface area contributed by atoms with E-state index in [2.05, 4.69) is 23.3 Å². The summed E-state index contributed by atoms with van der Waals surface area (Å²) in [5.41, 5.74) is 2.35. The van der Waals surface area contributed by atoms with Gasteiger partial charge >= 0.3 is 12.1 Å². The van der Waals surface area contributed by atoms with Crippen LogP contribution in [-0.4, -0.2) is 63.1 Å². The minimum Gasteiger partial charge on any atom is -0.341 e. The Labute approximate surface area is 229 Å². The first-order valence-corrected chi connectivity index (χ1v) is 14.1. The van der Waals surface area contributed by atoms with Gasteiger partial charge in [-0.3, -0.25) is 14.0 Å². The molecular formula is C28H33F3N5O2S+. The average Bonchev–Trinajstić information content (AvgIpc) is 3.55. The van der Waals surface area contributed by atoms with Crippen LogP contribution in [0.5, 0.6) is 0 Å². The molecule has 3 heterocycles. The Bertz CT molecular complexity index is 1370. The van der Waals surface area contributed by atoms with Gasteiger partial charge in [-0.25, -0.2) is 9.78 Å². The topological polar surface area (TPSA) is 68.1 Å². The summed E-state index contributed by atoms with van der Waals surface area (Å²) in [5.74, 6) is -0.121. The molecule has 1 atom stereocenters. The van der Waals surface area contributed by atoms with Gasteiger partial charge in [-0.05, 0) is 44.2 Å². The lowest BCUT2D eigenvalue weighted by Crippen LogP contribution is -2.49. The van der Waals surface area contributed by atoms with Gasteiger partial charge in [0.15, 0.2) is 11.4 Å². The summed E-state index contributed by atoms with van der Waals surface area (Å²) in [6, 6.07) is 9.42. The Morgan fingerprint density at radius 1 is 1.13 bits per heavy atom. The Hall–Kier alpha value is -3.05. The fourth-order valence-corrected chi connectivity index (χ4v) is 6.79. The lowest BCUT2D eigenvalue weighted by atomic mass is 9.86. The Kier molecular flexibility index (Phi) is 7.41. The molecule has 1 aliphatic heterocycles. The standard InChI is InChI=1S/C28H33F3N5O2S/c1-18-15-24(28(29,30)31)33-35(18)16-25(37)34-13-11-20(12-14-34)26-32-22(17-39-26)27(38)36(2,3)23-10-6-8-19-7-4-5-9-21(19)23/h4-5,7,9,15,17,20,23H,6,8,10-14,16H2,1-3H3/q+1. The van der Waals surface area contributed by atoms with Crippen molar-refractivity contribution in [3.05, 3.63) is 68.9 Å². The maximum Gasteiger partial charge on any atom is 0.435 e. The minimum absolute atomic E-state index is 0.000338. The van der Waals surface area contributed by atoms with Crippen LogP contribution in [0.2, 0.25) is 0 Å². The highest BCUT2D eigenvalue weighted by atomic mass is 32.1. The SMILES string of the molecule is Cc1cc(C(F)(F)F)nn1CC(=O)N1CCC(c2nc(C(=O)[N+](C)(C)C3CCCc4ccccc43)cs2)CC1. The molecule has 1 fully saturated rings. The lowest BCUT2D eigenvalue weighted by Gasteiger charge is -2.38. The summed E-state index contributed by atoms with van der Waals surface area (Å²) >= 11 is 1.49. The molecule has 0 saturated carbocycles. The number of carbonyl (C=O) groups excluding carboxylic acids is 2. The van der Waals surface area contributed by atoms with E-state index in [1.165, 1.54) is 29.4 Å². The molecule has 2 aliphatic rings. The van der Waals surface area contributed by atoms with Crippen molar-refractivity contribution in [1.82, 2.24) is 19.7 Å². The lowest BCUT2D eigenvalue weighted by molar-refractivity contribution is -0.842. The number of piperidine rings is 1. The van der Waals surface area contributed by atoms with Crippen LogP contribution in [0.25, 0.3) is 0 Å². The maximum atomic E-state index is 13.7. The van der Waals surface area contributed by atoms with Gasteiger partial charge < -0.3 is 4.90 Å². The van der Waals surface area contributed by atoms with E-state index in [0.717, 1.165) is 35.0 Å². The molecule has 0 N–H and O–H groups in total. The van der Waals surface area contributed by atoms with Gasteiger partial charge in [0, 0.05) is 42.1 Å². The first kappa shape index (κ1) is 27.5. The van der Waals surface area contributed by atoms with Crippen LogP contribution in [0.3, 0.4) is 0 Å². The van der Waals surface area contributed by atoms with Crippen LogP contribution < -0.4 is 0 Å². The molecule has 0 bridgehead atoms. The zero-order valence-corrected chi connectivity index (χ0v) is 23.2. The second kappa shape index (κ2) is 10.5.